The van der Waals surface area contributed by atoms with E-state index in [-0.39, 0.29) is 0 Å². The van der Waals surface area contributed by atoms with E-state index in [1.54, 1.807) is 0 Å². The fourth-order valence-corrected chi connectivity index (χ4v) is 0.440. The molecule has 0 unspecified atom stereocenters. The average Bonchev–Trinajstić information content (AvgIpc) is 1.87. The zero-order valence-corrected chi connectivity index (χ0v) is 5.65. The Labute approximate surface area is 62.5 Å². The summed E-state index contributed by atoms with van der Waals surface area (Å²) in [7, 11) is 0. The number of carboxylic acids is 2. The molecule has 0 aromatic rings. The molecule has 0 aliphatic carbocycles. The summed E-state index contributed by atoms with van der Waals surface area (Å²) in [6.45, 7) is -1.10. The van der Waals surface area contributed by atoms with Crippen molar-refractivity contribution >= 4 is 11.9 Å². The molecule has 0 rings (SSSR count). The van der Waals surface area contributed by atoms with Gasteiger partial charge in [0.1, 0.15) is 6.04 Å². The van der Waals surface area contributed by atoms with E-state index in [0.29, 0.717) is 0 Å². The number of carboxylic acid groups (broad SMARTS) is 2. The molecule has 0 spiro atoms. The third-order valence-electron chi connectivity index (χ3n) is 0.980. The number of carbonyl (C=O) groups is 2. The molecule has 0 aromatic carbocycles. The van der Waals surface area contributed by atoms with Crippen LogP contribution in [0.25, 0.3) is 0 Å². The first kappa shape index (κ1) is 9.86. The minimum Gasteiger partial charge on any atom is -0.480 e. The van der Waals surface area contributed by atoms with Gasteiger partial charge in [-0.05, 0) is 0 Å². The third kappa shape index (κ3) is 4.29. The SMILES string of the molecule is O=C(O)CN[C@@H](CO)C(=O)O. The van der Waals surface area contributed by atoms with Crippen LogP contribution < -0.4 is 5.32 Å². The van der Waals surface area contributed by atoms with Crippen LogP contribution in [0.15, 0.2) is 0 Å². The molecule has 0 amide bonds. The van der Waals surface area contributed by atoms with Crippen LogP contribution in [-0.2, 0) is 9.59 Å². The van der Waals surface area contributed by atoms with Crippen LogP contribution in [0.2, 0.25) is 0 Å². The molecule has 1 atom stereocenters. The summed E-state index contributed by atoms with van der Waals surface area (Å²) in [5.41, 5.74) is 0. The Morgan fingerprint density at radius 3 is 2.18 bits per heavy atom. The minimum absolute atomic E-state index is 0.475. The molecule has 0 radical (unpaired) electrons. The second-order valence-corrected chi connectivity index (χ2v) is 1.85. The number of nitrogens with one attached hydrogen (secondary N) is 1. The summed E-state index contributed by atoms with van der Waals surface area (Å²) in [5.74, 6) is -2.43. The molecule has 4 N–H and O–H groups in total. The van der Waals surface area contributed by atoms with Gasteiger partial charge in [0, 0.05) is 0 Å². The van der Waals surface area contributed by atoms with Crippen molar-refractivity contribution in [1.82, 2.24) is 5.32 Å². The molecular formula is C5H9NO5. The Morgan fingerprint density at radius 2 is 1.91 bits per heavy atom. The summed E-state index contributed by atoms with van der Waals surface area (Å²) in [4.78, 5) is 20.0. The van der Waals surface area contributed by atoms with E-state index in [1.165, 1.54) is 0 Å². The highest BCUT2D eigenvalue weighted by Gasteiger charge is 2.15. The Morgan fingerprint density at radius 1 is 1.36 bits per heavy atom. The molecule has 0 aliphatic heterocycles. The van der Waals surface area contributed by atoms with Crippen molar-refractivity contribution in [3.63, 3.8) is 0 Å². The van der Waals surface area contributed by atoms with E-state index >= 15 is 0 Å². The van der Waals surface area contributed by atoms with E-state index in [2.05, 4.69) is 5.32 Å². The van der Waals surface area contributed by atoms with E-state index in [0.717, 1.165) is 0 Å². The maximum atomic E-state index is 10.1. The maximum absolute atomic E-state index is 10.1. The topological polar surface area (TPSA) is 107 Å². The van der Waals surface area contributed by atoms with Crippen molar-refractivity contribution in [3.05, 3.63) is 0 Å². The van der Waals surface area contributed by atoms with Gasteiger partial charge in [0.05, 0.1) is 13.2 Å². The molecule has 11 heavy (non-hydrogen) atoms. The summed E-state index contributed by atoms with van der Waals surface area (Å²) >= 11 is 0. The molecule has 0 saturated heterocycles. The van der Waals surface area contributed by atoms with Crippen LogP contribution in [-0.4, -0.2) is 46.5 Å². The molecule has 0 aliphatic rings. The van der Waals surface area contributed by atoms with Crippen LogP contribution in [0, 0.1) is 0 Å². The fourth-order valence-electron chi connectivity index (χ4n) is 0.440. The van der Waals surface area contributed by atoms with Gasteiger partial charge in [-0.15, -0.1) is 0 Å². The molecule has 0 fully saturated rings. The third-order valence-corrected chi connectivity index (χ3v) is 0.980. The van der Waals surface area contributed by atoms with E-state index < -0.39 is 31.1 Å². The highest BCUT2D eigenvalue weighted by molar-refractivity contribution is 5.75. The molecule has 0 heterocycles. The number of hydrogen-bond acceptors (Lipinski definition) is 4. The first-order valence-electron chi connectivity index (χ1n) is 2.86. The summed E-state index contributed by atoms with van der Waals surface area (Å²) in [5, 5.41) is 26.9. The highest BCUT2D eigenvalue weighted by atomic mass is 16.4. The van der Waals surface area contributed by atoms with E-state index in [4.69, 9.17) is 15.3 Å². The van der Waals surface area contributed by atoms with Crippen LogP contribution in [0.5, 0.6) is 0 Å². The van der Waals surface area contributed by atoms with Crippen molar-refractivity contribution in [2.24, 2.45) is 0 Å². The Kier molecular flexibility index (Phi) is 4.16. The van der Waals surface area contributed by atoms with Crippen molar-refractivity contribution < 1.29 is 24.9 Å². The average molecular weight is 163 g/mol. The standard InChI is InChI=1S/C5H9NO5/c7-2-3(5(10)11)6-1-4(8)9/h3,6-7H,1-2H2,(H,8,9)(H,10,11)/t3-/m0/s1. The van der Waals surface area contributed by atoms with E-state index in [1.807, 2.05) is 0 Å². The molecule has 0 bridgehead atoms. The van der Waals surface area contributed by atoms with Gasteiger partial charge in [0.25, 0.3) is 0 Å². The van der Waals surface area contributed by atoms with Gasteiger partial charge < -0.3 is 15.3 Å². The lowest BCUT2D eigenvalue weighted by atomic mass is 10.3. The van der Waals surface area contributed by atoms with Crippen LogP contribution in [0.3, 0.4) is 0 Å². The zero-order valence-electron chi connectivity index (χ0n) is 5.65. The molecule has 64 valence electrons. The van der Waals surface area contributed by atoms with Gasteiger partial charge in [-0.1, -0.05) is 0 Å². The first-order valence-corrected chi connectivity index (χ1v) is 2.86. The maximum Gasteiger partial charge on any atom is 0.323 e. The minimum atomic E-state index is -1.27. The van der Waals surface area contributed by atoms with Gasteiger partial charge in [0.15, 0.2) is 0 Å². The van der Waals surface area contributed by atoms with Crippen molar-refractivity contribution in [2.75, 3.05) is 13.2 Å². The Hall–Kier alpha value is -1.14. The van der Waals surface area contributed by atoms with Crippen LogP contribution in [0.4, 0.5) is 0 Å². The zero-order chi connectivity index (χ0) is 8.85. The second-order valence-electron chi connectivity index (χ2n) is 1.85. The van der Waals surface area contributed by atoms with Gasteiger partial charge in [0.2, 0.25) is 0 Å². The first-order chi connectivity index (χ1) is 5.07. The lowest BCUT2D eigenvalue weighted by Crippen LogP contribution is -2.42. The lowest BCUT2D eigenvalue weighted by molar-refractivity contribution is -0.141. The molecule has 6 heteroatoms. The summed E-state index contributed by atoms with van der Waals surface area (Å²) < 4.78 is 0. The largest absolute Gasteiger partial charge is 0.480 e. The van der Waals surface area contributed by atoms with Crippen molar-refractivity contribution in [3.8, 4) is 0 Å². The number of hydrogen-bond donors (Lipinski definition) is 4. The van der Waals surface area contributed by atoms with Gasteiger partial charge in [-0.3, -0.25) is 14.9 Å². The predicted octanol–water partition coefficient (Wildman–Crippen LogP) is -1.89. The summed E-state index contributed by atoms with van der Waals surface area (Å²) in [6.07, 6.45) is 0. The van der Waals surface area contributed by atoms with Crippen LogP contribution >= 0.6 is 0 Å². The van der Waals surface area contributed by atoms with Crippen LogP contribution in [0.1, 0.15) is 0 Å². The number of aliphatic hydroxyl groups is 1. The van der Waals surface area contributed by atoms with Gasteiger partial charge >= 0.3 is 11.9 Å². The van der Waals surface area contributed by atoms with Gasteiger partial charge in [-0.2, -0.15) is 0 Å². The quantitative estimate of drug-likeness (QED) is 0.377. The molecule has 0 saturated carbocycles. The summed E-state index contributed by atoms with van der Waals surface area (Å²) in [6, 6.07) is -1.20. The smallest absolute Gasteiger partial charge is 0.323 e. The van der Waals surface area contributed by atoms with Crippen molar-refractivity contribution in [2.45, 2.75) is 6.04 Å². The number of rotatable bonds is 5. The monoisotopic (exact) mass is 163 g/mol. The predicted molar refractivity (Wildman–Crippen MR) is 34.1 cm³/mol. The Balaban J connectivity index is 3.70. The fraction of sp³-hybridized carbons (Fsp3) is 0.600. The Bertz CT molecular complexity index is 157. The molecular weight excluding hydrogens is 154 g/mol. The van der Waals surface area contributed by atoms with E-state index in [9.17, 15) is 9.59 Å². The normalized spacial score (nSPS) is 12.5. The lowest BCUT2D eigenvalue weighted by Gasteiger charge is -2.08. The molecule has 0 aromatic heterocycles. The van der Waals surface area contributed by atoms with Gasteiger partial charge in [-0.25, -0.2) is 0 Å². The molecule has 6 nitrogen and oxygen atoms in total. The second kappa shape index (κ2) is 4.64. The van der Waals surface area contributed by atoms with Crippen molar-refractivity contribution in [1.29, 1.82) is 0 Å². The number of aliphatic hydroxyl groups excluding tert-OH is 1. The number of aliphatic carboxylic acids is 2. The highest BCUT2D eigenvalue weighted by Crippen LogP contribution is 1.80.